The number of aromatic nitrogens is 1. The molecular formula is C65H49NSi2. The van der Waals surface area contributed by atoms with Crippen LogP contribution in [0.2, 0.25) is 0 Å². The van der Waals surface area contributed by atoms with Crippen molar-refractivity contribution in [2.75, 3.05) is 0 Å². The molecule has 1 aliphatic heterocycles. The van der Waals surface area contributed by atoms with Crippen LogP contribution in [-0.2, 0) is 5.41 Å². The lowest BCUT2D eigenvalue weighted by molar-refractivity contribution is 0.699. The van der Waals surface area contributed by atoms with Crippen LogP contribution < -0.4 is 41.5 Å². The van der Waals surface area contributed by atoms with E-state index in [-0.39, 0.29) is 0 Å². The van der Waals surface area contributed by atoms with Gasteiger partial charge >= 0.3 is 0 Å². The van der Waals surface area contributed by atoms with Crippen molar-refractivity contribution >= 4 is 57.6 Å². The first-order valence-electron chi connectivity index (χ1n) is 23.7. The highest BCUT2D eigenvalue weighted by Crippen LogP contribution is 2.49. The van der Waals surface area contributed by atoms with Gasteiger partial charge in [-0.15, -0.1) is 0 Å². The van der Waals surface area contributed by atoms with Crippen molar-refractivity contribution in [2.24, 2.45) is 0 Å². The lowest BCUT2D eigenvalue weighted by atomic mass is 9.66. The first kappa shape index (κ1) is 41.4. The number of hydrogen-bond acceptors (Lipinski definition) is 0. The Kier molecular flexibility index (Phi) is 10.5. The fourth-order valence-electron chi connectivity index (χ4n) is 12.0. The smallest absolute Gasteiger partial charge is 0.181 e. The van der Waals surface area contributed by atoms with Crippen LogP contribution in [0.3, 0.4) is 0 Å². The highest BCUT2D eigenvalue weighted by Gasteiger charge is 2.62. The van der Waals surface area contributed by atoms with Crippen LogP contribution in [0.5, 0.6) is 0 Å². The molecule has 0 spiro atoms. The van der Waals surface area contributed by atoms with E-state index in [9.17, 15) is 0 Å². The van der Waals surface area contributed by atoms with Crippen molar-refractivity contribution in [3.8, 4) is 16.9 Å². The van der Waals surface area contributed by atoms with E-state index in [0.717, 1.165) is 5.69 Å². The first-order valence-corrected chi connectivity index (χ1v) is 27.7. The number of para-hydroxylation sites is 1. The summed E-state index contributed by atoms with van der Waals surface area (Å²) in [6.45, 7) is 0. The molecule has 2 heterocycles. The molecule has 0 fully saturated rings. The largest absolute Gasteiger partial charge is 0.312 e. The van der Waals surface area contributed by atoms with Gasteiger partial charge in [-0.05, 0) is 75.9 Å². The zero-order valence-corrected chi connectivity index (χ0v) is 39.7. The molecule has 0 unspecified atom stereocenters. The van der Waals surface area contributed by atoms with Crippen LogP contribution in [0.1, 0.15) is 22.4 Å². The Balaban J connectivity index is 1.50. The fraction of sp³-hybridized carbons (Fsp3) is 0.0154. The quantitative estimate of drug-likeness (QED) is 0.0953. The Morgan fingerprint density at radius 1 is 0.338 bits per heavy atom. The Hall–Kier alpha value is -8.09. The SMILES string of the molecule is c1ccc(-c2c([Si](c3ccccc3)(c3ccccc3)c3ccccc3)c3c(n2-c2ccccc2)C(c2ccccc2)(c2ccccc2)c2ccccc2[Si]3(c2ccccc2)c2ccccc2)cc1. The average molecular weight is 900 g/mol. The monoisotopic (exact) mass is 899 g/mol. The Bertz CT molecular complexity index is 3280. The molecule has 10 aromatic carbocycles. The van der Waals surface area contributed by atoms with Crippen molar-refractivity contribution in [3.05, 3.63) is 320 Å². The average Bonchev–Trinajstić information content (AvgIpc) is 3.79. The van der Waals surface area contributed by atoms with Crippen molar-refractivity contribution in [1.82, 2.24) is 4.57 Å². The molecular weight excluding hydrogens is 851 g/mol. The van der Waals surface area contributed by atoms with E-state index in [4.69, 9.17) is 0 Å². The summed E-state index contributed by atoms with van der Waals surface area (Å²) < 4.78 is 2.75. The summed E-state index contributed by atoms with van der Waals surface area (Å²) in [6.07, 6.45) is 0. The number of hydrogen-bond donors (Lipinski definition) is 0. The zero-order valence-electron chi connectivity index (χ0n) is 37.7. The Labute approximate surface area is 402 Å². The Morgan fingerprint density at radius 2 is 0.691 bits per heavy atom. The van der Waals surface area contributed by atoms with Crippen molar-refractivity contribution in [3.63, 3.8) is 0 Å². The predicted octanol–water partition coefficient (Wildman–Crippen LogP) is 9.60. The molecule has 68 heavy (non-hydrogen) atoms. The molecule has 0 saturated carbocycles. The van der Waals surface area contributed by atoms with Crippen LogP contribution in [-0.4, -0.2) is 20.7 Å². The maximum atomic E-state index is 2.75. The summed E-state index contributed by atoms with van der Waals surface area (Å²) in [5, 5.41) is 11.0. The second-order valence-electron chi connectivity index (χ2n) is 17.8. The fourth-order valence-corrected chi connectivity index (χ4v) is 23.6. The van der Waals surface area contributed by atoms with Crippen molar-refractivity contribution < 1.29 is 0 Å². The molecule has 1 aliphatic rings. The van der Waals surface area contributed by atoms with Crippen LogP contribution in [0, 0.1) is 0 Å². The number of nitrogens with zero attached hydrogens (tertiary/aromatic N) is 1. The minimum Gasteiger partial charge on any atom is -0.312 e. The topological polar surface area (TPSA) is 4.93 Å². The number of benzene rings is 10. The number of fused-ring (bicyclic) bond motifs is 2. The van der Waals surface area contributed by atoms with E-state index >= 15 is 0 Å². The van der Waals surface area contributed by atoms with E-state index in [2.05, 4.69) is 302 Å². The molecule has 0 aliphatic carbocycles. The van der Waals surface area contributed by atoms with E-state index in [1.165, 1.54) is 75.1 Å². The van der Waals surface area contributed by atoms with Gasteiger partial charge in [-0.2, -0.15) is 0 Å². The van der Waals surface area contributed by atoms with Crippen LogP contribution in [0.25, 0.3) is 16.9 Å². The molecule has 1 aromatic heterocycles. The summed E-state index contributed by atoms with van der Waals surface area (Å²) in [6, 6.07) is 113. The molecule has 0 bridgehead atoms. The van der Waals surface area contributed by atoms with Crippen LogP contribution in [0.4, 0.5) is 0 Å². The molecule has 12 rings (SSSR count). The van der Waals surface area contributed by atoms with E-state index < -0.39 is 21.6 Å². The normalized spacial score (nSPS) is 13.5. The summed E-state index contributed by atoms with van der Waals surface area (Å²) in [4.78, 5) is 0. The van der Waals surface area contributed by atoms with Gasteiger partial charge in [0.1, 0.15) is 0 Å². The molecule has 322 valence electrons. The second-order valence-corrected chi connectivity index (χ2v) is 25.3. The van der Waals surface area contributed by atoms with Gasteiger partial charge in [-0.1, -0.05) is 285 Å². The maximum Gasteiger partial charge on any atom is 0.181 e. The lowest BCUT2D eigenvalue weighted by Gasteiger charge is -2.50. The zero-order chi connectivity index (χ0) is 45.4. The molecule has 0 saturated heterocycles. The summed E-state index contributed by atoms with van der Waals surface area (Å²) in [7, 11) is -6.89. The molecule has 0 radical (unpaired) electrons. The predicted molar refractivity (Wildman–Crippen MR) is 290 cm³/mol. The van der Waals surface area contributed by atoms with Gasteiger partial charge in [-0.3, -0.25) is 0 Å². The Morgan fingerprint density at radius 3 is 1.13 bits per heavy atom. The van der Waals surface area contributed by atoms with Gasteiger partial charge in [-0.25, -0.2) is 0 Å². The van der Waals surface area contributed by atoms with Gasteiger partial charge in [0.05, 0.1) is 11.1 Å². The van der Waals surface area contributed by atoms with Gasteiger partial charge in [0.25, 0.3) is 0 Å². The van der Waals surface area contributed by atoms with Crippen molar-refractivity contribution in [1.29, 1.82) is 0 Å². The van der Waals surface area contributed by atoms with Crippen LogP contribution in [0.15, 0.2) is 297 Å². The third-order valence-electron chi connectivity index (χ3n) is 14.5. The highest BCUT2D eigenvalue weighted by molar-refractivity contribution is 7.27. The third kappa shape index (κ3) is 6.13. The minimum atomic E-state index is -3.45. The van der Waals surface area contributed by atoms with Gasteiger partial charge in [0, 0.05) is 11.4 Å². The summed E-state index contributed by atoms with van der Waals surface area (Å²) in [5.41, 5.74) is 7.83. The second kappa shape index (κ2) is 17.3. The molecule has 1 nitrogen and oxygen atoms in total. The van der Waals surface area contributed by atoms with Gasteiger partial charge < -0.3 is 4.57 Å². The standard InChI is InChI=1S/C65H49NSi2/c1-10-30-50(31-11-1)61-62(67(54-38-18-5-19-39-54,55-40-20-6-21-41-55)56-42-22-7-23-43-56)63-64(66(61)53-36-16-4-17-37-53)65(51-32-12-2-13-33-51,52-34-14-3-15-35-52)59-48-28-29-49-60(59)68(63,57-44-24-8-25-45-57)58-46-26-9-27-47-58/h1-49H. The summed E-state index contributed by atoms with van der Waals surface area (Å²) >= 11 is 0. The lowest BCUT2D eigenvalue weighted by Crippen LogP contribution is -2.86. The van der Waals surface area contributed by atoms with Gasteiger partial charge in [0.15, 0.2) is 16.1 Å². The minimum absolute atomic E-state index is 0.795. The first-order chi connectivity index (χ1) is 33.8. The maximum absolute atomic E-state index is 3.45. The van der Waals surface area contributed by atoms with E-state index in [1.807, 2.05) is 0 Å². The number of rotatable bonds is 10. The van der Waals surface area contributed by atoms with Gasteiger partial charge in [0.2, 0.25) is 0 Å². The molecule has 3 heteroatoms. The molecule has 0 N–H and O–H groups in total. The molecule has 0 atom stereocenters. The van der Waals surface area contributed by atoms with E-state index in [1.54, 1.807) is 0 Å². The molecule has 0 amide bonds. The van der Waals surface area contributed by atoms with E-state index in [0.29, 0.717) is 0 Å². The van der Waals surface area contributed by atoms with Crippen LogP contribution >= 0.6 is 0 Å². The third-order valence-corrected chi connectivity index (χ3v) is 24.5. The summed E-state index contributed by atoms with van der Waals surface area (Å²) in [5.74, 6) is 0. The highest BCUT2D eigenvalue weighted by atomic mass is 28.3. The van der Waals surface area contributed by atoms with Crippen molar-refractivity contribution in [2.45, 2.75) is 5.41 Å². The molecule has 11 aromatic rings.